The van der Waals surface area contributed by atoms with E-state index in [1.54, 1.807) is 0 Å². The summed E-state index contributed by atoms with van der Waals surface area (Å²) < 4.78 is 29.2. The molecule has 1 aliphatic heterocycles. The molecule has 136 valence electrons. The van der Waals surface area contributed by atoms with Gasteiger partial charge >= 0.3 is 5.76 Å². The van der Waals surface area contributed by atoms with Crippen LogP contribution in [0.15, 0.2) is 32.3 Å². The van der Waals surface area contributed by atoms with Crippen LogP contribution in [-0.2, 0) is 21.4 Å². The topological polar surface area (TPSA) is 116 Å². The number of fused-ring (bicyclic) bond motifs is 1. The van der Waals surface area contributed by atoms with Crippen molar-refractivity contribution in [3.8, 4) is 0 Å². The number of piperidine rings is 1. The zero-order valence-corrected chi connectivity index (χ0v) is 14.8. The van der Waals surface area contributed by atoms with Crippen molar-refractivity contribution < 1.29 is 17.6 Å². The van der Waals surface area contributed by atoms with Crippen LogP contribution in [0.2, 0.25) is 0 Å². The molecule has 0 bridgehead atoms. The molecule has 1 aliphatic rings. The fraction of sp³-hybridized carbons (Fsp3) is 0.500. The van der Waals surface area contributed by atoms with Gasteiger partial charge in [-0.1, -0.05) is 0 Å². The number of aromatic nitrogens is 1. The summed E-state index contributed by atoms with van der Waals surface area (Å²) in [5.74, 6) is -0.615. The molecule has 2 heterocycles. The minimum Gasteiger partial charge on any atom is -0.408 e. The first-order valence-corrected chi connectivity index (χ1v) is 9.77. The molecule has 25 heavy (non-hydrogen) atoms. The molecule has 1 aromatic carbocycles. The van der Waals surface area contributed by atoms with Crippen LogP contribution in [0, 0.1) is 0 Å². The first-order valence-electron chi connectivity index (χ1n) is 8.23. The van der Waals surface area contributed by atoms with Gasteiger partial charge in [0.05, 0.1) is 10.4 Å². The predicted octanol–water partition coefficient (Wildman–Crippen LogP) is 1.03. The van der Waals surface area contributed by atoms with Crippen molar-refractivity contribution in [3.05, 3.63) is 28.7 Å². The molecule has 0 radical (unpaired) electrons. The Bertz CT molecular complexity index is 960. The molecule has 1 unspecified atom stereocenters. The molecule has 0 saturated carbocycles. The number of primary sulfonamides is 1. The lowest BCUT2D eigenvalue weighted by Gasteiger charge is -2.33. The molecule has 1 saturated heterocycles. The summed E-state index contributed by atoms with van der Waals surface area (Å²) in [6.45, 7) is 2.96. The van der Waals surface area contributed by atoms with Crippen LogP contribution < -0.4 is 10.9 Å². The maximum atomic E-state index is 12.4. The maximum absolute atomic E-state index is 12.4. The van der Waals surface area contributed by atoms with E-state index in [1.807, 2.05) is 11.8 Å². The number of sulfonamides is 1. The molecule has 1 fully saturated rings. The zero-order chi connectivity index (χ0) is 18.2. The number of nitrogens with two attached hydrogens (primary N) is 1. The normalized spacial score (nSPS) is 18.6. The lowest BCUT2D eigenvalue weighted by molar-refractivity contribution is -0.134. The second kappa shape index (κ2) is 6.64. The summed E-state index contributed by atoms with van der Waals surface area (Å²) in [6, 6.07) is 4.22. The van der Waals surface area contributed by atoms with Gasteiger partial charge in [-0.3, -0.25) is 9.36 Å². The van der Waals surface area contributed by atoms with Crippen LogP contribution in [0.25, 0.3) is 11.1 Å². The number of amides is 1. The highest BCUT2D eigenvalue weighted by molar-refractivity contribution is 7.89. The van der Waals surface area contributed by atoms with Crippen LogP contribution in [0.5, 0.6) is 0 Å². The average molecular weight is 367 g/mol. The van der Waals surface area contributed by atoms with Crippen LogP contribution in [0.1, 0.15) is 32.6 Å². The molecular formula is C16H21N3O5S. The molecule has 1 atom stereocenters. The van der Waals surface area contributed by atoms with E-state index >= 15 is 0 Å². The number of benzene rings is 1. The summed E-state index contributed by atoms with van der Waals surface area (Å²) in [6.07, 6.45) is 3.32. The minimum absolute atomic E-state index is 0.00889. The molecule has 9 heteroatoms. The third-order valence-electron chi connectivity index (χ3n) is 4.64. The first kappa shape index (κ1) is 17.7. The highest BCUT2D eigenvalue weighted by Crippen LogP contribution is 2.20. The number of rotatable bonds is 4. The van der Waals surface area contributed by atoms with Gasteiger partial charge < -0.3 is 9.32 Å². The highest BCUT2D eigenvalue weighted by atomic mass is 32.2. The molecule has 3 rings (SSSR count). The van der Waals surface area contributed by atoms with Crippen molar-refractivity contribution in [2.45, 2.75) is 50.1 Å². The number of aryl methyl sites for hydroxylation is 1. The van der Waals surface area contributed by atoms with Crippen LogP contribution in [0.4, 0.5) is 0 Å². The standard InChI is InChI=1S/C16H21N3O5S/c1-11-4-2-3-8-18(11)15(20)7-9-19-13-6-5-12(25(17,22)23)10-14(13)24-16(19)21/h5-6,10-11H,2-4,7-9H2,1H3,(H2,17,22,23). The predicted molar refractivity (Wildman–Crippen MR) is 91.5 cm³/mol. The van der Waals surface area contributed by atoms with E-state index in [9.17, 15) is 18.0 Å². The fourth-order valence-corrected chi connectivity index (χ4v) is 3.78. The van der Waals surface area contributed by atoms with Gasteiger partial charge in [-0.15, -0.1) is 0 Å². The van der Waals surface area contributed by atoms with Crippen molar-refractivity contribution in [1.29, 1.82) is 0 Å². The van der Waals surface area contributed by atoms with Crippen molar-refractivity contribution in [1.82, 2.24) is 9.47 Å². The third-order valence-corrected chi connectivity index (χ3v) is 5.55. The Hall–Kier alpha value is -2.13. The zero-order valence-electron chi connectivity index (χ0n) is 14.0. The number of hydrogen-bond donors (Lipinski definition) is 1. The molecule has 2 aromatic rings. The van der Waals surface area contributed by atoms with Crippen LogP contribution >= 0.6 is 0 Å². The minimum atomic E-state index is -3.88. The van der Waals surface area contributed by atoms with Crippen LogP contribution in [-0.4, -0.2) is 36.4 Å². The SMILES string of the molecule is CC1CCCCN1C(=O)CCn1c(=O)oc2cc(S(N)(=O)=O)ccc21. The summed E-state index contributed by atoms with van der Waals surface area (Å²) >= 11 is 0. The quantitative estimate of drug-likeness (QED) is 0.866. The Kier molecular flexibility index (Phi) is 4.70. The Labute approximate surface area is 145 Å². The number of likely N-dealkylation sites (tertiary alicyclic amines) is 1. The van der Waals surface area contributed by atoms with E-state index in [2.05, 4.69) is 0 Å². The van der Waals surface area contributed by atoms with Crippen LogP contribution in [0.3, 0.4) is 0 Å². The van der Waals surface area contributed by atoms with Gasteiger partial charge in [0.25, 0.3) is 0 Å². The second-order valence-corrected chi connectivity index (χ2v) is 7.94. The molecular weight excluding hydrogens is 346 g/mol. The monoisotopic (exact) mass is 367 g/mol. The van der Waals surface area contributed by atoms with E-state index in [0.717, 1.165) is 25.8 Å². The fourth-order valence-electron chi connectivity index (χ4n) is 3.26. The lowest BCUT2D eigenvalue weighted by atomic mass is 10.0. The van der Waals surface area contributed by atoms with Crippen molar-refractivity contribution in [2.75, 3.05) is 6.54 Å². The van der Waals surface area contributed by atoms with E-state index < -0.39 is 15.8 Å². The molecule has 0 spiro atoms. The second-order valence-electron chi connectivity index (χ2n) is 6.38. The molecule has 2 N–H and O–H groups in total. The smallest absolute Gasteiger partial charge is 0.408 e. The number of carbonyl (C=O) groups is 1. The Morgan fingerprint density at radius 2 is 2.12 bits per heavy atom. The summed E-state index contributed by atoms with van der Waals surface area (Å²) in [7, 11) is -3.88. The largest absolute Gasteiger partial charge is 0.419 e. The highest BCUT2D eigenvalue weighted by Gasteiger charge is 2.23. The maximum Gasteiger partial charge on any atom is 0.419 e. The molecule has 1 aromatic heterocycles. The van der Waals surface area contributed by atoms with Gasteiger partial charge in [0.2, 0.25) is 15.9 Å². The number of nitrogens with zero attached hydrogens (tertiary/aromatic N) is 2. The van der Waals surface area contributed by atoms with E-state index in [-0.39, 0.29) is 35.4 Å². The molecule has 8 nitrogen and oxygen atoms in total. The van der Waals surface area contributed by atoms with Gasteiger partial charge in [-0.2, -0.15) is 0 Å². The number of carbonyl (C=O) groups excluding carboxylic acids is 1. The van der Waals surface area contributed by atoms with Crippen molar-refractivity contribution in [2.24, 2.45) is 5.14 Å². The van der Waals surface area contributed by atoms with E-state index in [4.69, 9.17) is 9.56 Å². The molecule has 0 aliphatic carbocycles. The van der Waals surface area contributed by atoms with E-state index in [1.165, 1.54) is 22.8 Å². The number of hydrogen-bond acceptors (Lipinski definition) is 5. The third kappa shape index (κ3) is 3.62. The molecule has 1 amide bonds. The summed E-state index contributed by atoms with van der Waals surface area (Å²) in [5, 5.41) is 5.08. The first-order chi connectivity index (χ1) is 11.8. The van der Waals surface area contributed by atoms with Crippen molar-refractivity contribution >= 4 is 27.0 Å². The average Bonchev–Trinajstić information content (AvgIpc) is 2.86. The van der Waals surface area contributed by atoms with Gasteiger partial charge in [-0.05, 0) is 38.3 Å². The van der Waals surface area contributed by atoms with Gasteiger partial charge in [0.15, 0.2) is 5.58 Å². The van der Waals surface area contributed by atoms with Gasteiger partial charge in [-0.25, -0.2) is 18.4 Å². The number of oxazole rings is 1. The van der Waals surface area contributed by atoms with Crippen molar-refractivity contribution in [3.63, 3.8) is 0 Å². The summed E-state index contributed by atoms with van der Waals surface area (Å²) in [4.78, 5) is 26.2. The van der Waals surface area contributed by atoms with Gasteiger partial charge in [0, 0.05) is 31.6 Å². The Morgan fingerprint density at radius 1 is 1.36 bits per heavy atom. The lowest BCUT2D eigenvalue weighted by Crippen LogP contribution is -2.42. The van der Waals surface area contributed by atoms with E-state index in [0.29, 0.717) is 5.52 Å². The van der Waals surface area contributed by atoms with Gasteiger partial charge in [0.1, 0.15) is 0 Å². The summed E-state index contributed by atoms with van der Waals surface area (Å²) in [5.41, 5.74) is 0.576. The Balaban J connectivity index is 1.81. The Morgan fingerprint density at radius 3 is 2.80 bits per heavy atom.